The minimum absolute atomic E-state index is 0.0361. The lowest BCUT2D eigenvalue weighted by Crippen LogP contribution is -2.53. The van der Waals surface area contributed by atoms with Gasteiger partial charge < -0.3 is 15.2 Å². The Balaban J connectivity index is 2.04. The summed E-state index contributed by atoms with van der Waals surface area (Å²) in [5.41, 5.74) is -0.468. The van der Waals surface area contributed by atoms with Crippen molar-refractivity contribution in [1.29, 1.82) is 0 Å². The van der Waals surface area contributed by atoms with Crippen LogP contribution in [0.1, 0.15) is 53.1 Å². The Morgan fingerprint density at radius 1 is 1.26 bits per heavy atom. The zero-order chi connectivity index (χ0) is 19.9. The molecule has 1 aliphatic heterocycles. The standard InChI is InChI=1S/C20H19ClFNO4/c1-10(24)11-7-8-15-12(9-11)17(18(25)20(2,3)27-15)23-19(26)16-13(21)5-4-6-14(16)22/h4-9,17-18,25H,1-3H3,(H,23,26)/t17-,18+/m1/s1. The summed E-state index contributed by atoms with van der Waals surface area (Å²) in [6.45, 7) is 4.77. The molecule has 2 atom stereocenters. The molecule has 0 aromatic heterocycles. The van der Waals surface area contributed by atoms with Gasteiger partial charge in [0.25, 0.3) is 5.91 Å². The first kappa shape index (κ1) is 19.3. The zero-order valence-corrected chi connectivity index (χ0v) is 15.8. The molecule has 0 aliphatic carbocycles. The van der Waals surface area contributed by atoms with Gasteiger partial charge in [0.15, 0.2) is 5.78 Å². The quantitative estimate of drug-likeness (QED) is 0.782. The predicted molar refractivity (Wildman–Crippen MR) is 98.8 cm³/mol. The smallest absolute Gasteiger partial charge is 0.256 e. The third-order valence-electron chi connectivity index (χ3n) is 4.63. The summed E-state index contributed by atoms with van der Waals surface area (Å²) in [4.78, 5) is 24.4. The van der Waals surface area contributed by atoms with Gasteiger partial charge in [-0.25, -0.2) is 4.39 Å². The van der Waals surface area contributed by atoms with Crippen LogP contribution in [0.4, 0.5) is 4.39 Å². The van der Waals surface area contributed by atoms with Crippen LogP contribution in [0.5, 0.6) is 5.75 Å². The van der Waals surface area contributed by atoms with Gasteiger partial charge in [-0.3, -0.25) is 9.59 Å². The van der Waals surface area contributed by atoms with Crippen LogP contribution < -0.4 is 10.1 Å². The number of carbonyl (C=O) groups excluding carboxylic acids is 2. The van der Waals surface area contributed by atoms with Gasteiger partial charge in [0.2, 0.25) is 0 Å². The molecule has 5 nitrogen and oxygen atoms in total. The van der Waals surface area contributed by atoms with E-state index in [1.807, 2.05) is 0 Å². The van der Waals surface area contributed by atoms with Gasteiger partial charge in [-0.2, -0.15) is 0 Å². The van der Waals surface area contributed by atoms with Crippen molar-refractivity contribution >= 4 is 23.3 Å². The summed E-state index contributed by atoms with van der Waals surface area (Å²) in [6, 6.07) is 7.82. The topological polar surface area (TPSA) is 75.6 Å². The summed E-state index contributed by atoms with van der Waals surface area (Å²) < 4.78 is 19.9. The Kier molecular flexibility index (Phi) is 4.97. The van der Waals surface area contributed by atoms with E-state index >= 15 is 0 Å². The van der Waals surface area contributed by atoms with Crippen molar-refractivity contribution in [3.05, 3.63) is 63.9 Å². The SMILES string of the molecule is CC(=O)c1ccc2c(c1)[C@@H](NC(=O)c1c(F)cccc1Cl)[C@H](O)C(C)(C)O2. The highest BCUT2D eigenvalue weighted by molar-refractivity contribution is 6.33. The zero-order valence-electron chi connectivity index (χ0n) is 15.0. The second kappa shape index (κ2) is 6.94. The lowest BCUT2D eigenvalue weighted by Gasteiger charge is -2.42. The summed E-state index contributed by atoms with van der Waals surface area (Å²) in [5.74, 6) is -1.27. The molecule has 1 amide bonds. The maximum Gasteiger partial charge on any atom is 0.256 e. The van der Waals surface area contributed by atoms with Crippen LogP contribution in [0.3, 0.4) is 0 Å². The van der Waals surface area contributed by atoms with Crippen LogP contribution in [0, 0.1) is 5.82 Å². The van der Waals surface area contributed by atoms with Crippen LogP contribution in [0.15, 0.2) is 36.4 Å². The van der Waals surface area contributed by atoms with E-state index in [9.17, 15) is 19.1 Å². The van der Waals surface area contributed by atoms with Crippen LogP contribution in [-0.2, 0) is 0 Å². The molecular weight excluding hydrogens is 373 g/mol. The number of Topliss-reactive ketones (excluding diaryl/α,β-unsaturated/α-hetero) is 1. The third kappa shape index (κ3) is 3.55. The molecule has 0 radical (unpaired) electrons. The van der Waals surface area contributed by atoms with Gasteiger partial charge in [0.1, 0.15) is 23.3 Å². The number of ether oxygens (including phenoxy) is 1. The number of amides is 1. The van der Waals surface area contributed by atoms with Crippen molar-refractivity contribution in [1.82, 2.24) is 5.32 Å². The minimum atomic E-state index is -1.14. The third-order valence-corrected chi connectivity index (χ3v) is 4.94. The Morgan fingerprint density at radius 3 is 2.59 bits per heavy atom. The van der Waals surface area contributed by atoms with Crippen molar-refractivity contribution < 1.29 is 23.8 Å². The van der Waals surface area contributed by atoms with Crippen molar-refractivity contribution in [2.75, 3.05) is 0 Å². The number of nitrogens with one attached hydrogen (secondary N) is 1. The number of hydrogen-bond acceptors (Lipinski definition) is 4. The number of carbonyl (C=O) groups is 2. The maximum atomic E-state index is 14.1. The van der Waals surface area contributed by atoms with Crippen LogP contribution in [0.25, 0.3) is 0 Å². The molecule has 0 saturated carbocycles. The number of hydrogen-bond donors (Lipinski definition) is 2. The summed E-state index contributed by atoms with van der Waals surface area (Å²) >= 11 is 5.97. The Labute approximate surface area is 161 Å². The van der Waals surface area contributed by atoms with E-state index in [0.717, 1.165) is 6.07 Å². The average Bonchev–Trinajstić information content (AvgIpc) is 2.58. The molecule has 27 heavy (non-hydrogen) atoms. The highest BCUT2D eigenvalue weighted by atomic mass is 35.5. The molecule has 7 heteroatoms. The molecule has 1 aliphatic rings. The van der Waals surface area contributed by atoms with Gasteiger partial charge in [-0.15, -0.1) is 0 Å². The second-order valence-electron chi connectivity index (χ2n) is 7.01. The van der Waals surface area contributed by atoms with Gasteiger partial charge in [-0.1, -0.05) is 17.7 Å². The predicted octanol–water partition coefficient (Wildman–Crippen LogP) is 3.68. The number of ketones is 1. The monoisotopic (exact) mass is 391 g/mol. The normalized spacial score (nSPS) is 20.4. The lowest BCUT2D eigenvalue weighted by molar-refractivity contribution is -0.0627. The molecular formula is C20H19ClFNO4. The molecule has 3 rings (SSSR count). The van der Waals surface area contributed by atoms with E-state index in [4.69, 9.17) is 16.3 Å². The first-order valence-corrected chi connectivity index (χ1v) is 8.76. The molecule has 2 N–H and O–H groups in total. The van der Waals surface area contributed by atoms with Crippen molar-refractivity contribution in [3.63, 3.8) is 0 Å². The first-order valence-electron chi connectivity index (χ1n) is 8.38. The number of rotatable bonds is 3. The molecule has 2 aromatic carbocycles. The maximum absolute atomic E-state index is 14.1. The fraction of sp³-hybridized carbons (Fsp3) is 0.300. The molecule has 0 fully saturated rings. The van der Waals surface area contributed by atoms with Crippen molar-refractivity contribution in [2.45, 2.75) is 38.5 Å². The largest absolute Gasteiger partial charge is 0.485 e. The number of aliphatic hydroxyl groups is 1. The average molecular weight is 392 g/mol. The number of halogens is 2. The molecule has 0 spiro atoms. The lowest BCUT2D eigenvalue weighted by atomic mass is 9.85. The van der Waals surface area contributed by atoms with E-state index < -0.39 is 29.5 Å². The van der Waals surface area contributed by atoms with E-state index in [0.29, 0.717) is 16.9 Å². The first-order chi connectivity index (χ1) is 12.6. The summed E-state index contributed by atoms with van der Waals surface area (Å²) in [5, 5.41) is 13.4. The van der Waals surface area contributed by atoms with Crippen LogP contribution >= 0.6 is 11.6 Å². The van der Waals surface area contributed by atoms with E-state index in [1.54, 1.807) is 32.0 Å². The van der Waals surface area contributed by atoms with Gasteiger partial charge in [0.05, 0.1) is 16.6 Å². The number of fused-ring (bicyclic) bond motifs is 1. The molecule has 142 valence electrons. The van der Waals surface area contributed by atoms with E-state index in [-0.39, 0.29) is 16.4 Å². The van der Waals surface area contributed by atoms with Crippen molar-refractivity contribution in [3.8, 4) is 5.75 Å². The Morgan fingerprint density at radius 2 is 1.96 bits per heavy atom. The van der Waals surface area contributed by atoms with Crippen LogP contribution in [-0.4, -0.2) is 28.5 Å². The second-order valence-corrected chi connectivity index (χ2v) is 7.41. The van der Waals surface area contributed by atoms with Gasteiger partial charge in [-0.05, 0) is 51.1 Å². The summed E-state index contributed by atoms with van der Waals surface area (Å²) in [7, 11) is 0. The van der Waals surface area contributed by atoms with E-state index in [2.05, 4.69) is 5.32 Å². The Bertz CT molecular complexity index is 908. The number of benzene rings is 2. The van der Waals surface area contributed by atoms with E-state index in [1.165, 1.54) is 19.1 Å². The summed E-state index contributed by atoms with van der Waals surface area (Å²) in [6.07, 6.45) is -1.14. The molecule has 2 aromatic rings. The van der Waals surface area contributed by atoms with Crippen molar-refractivity contribution in [2.24, 2.45) is 0 Å². The minimum Gasteiger partial charge on any atom is -0.485 e. The highest BCUT2D eigenvalue weighted by Gasteiger charge is 2.44. The molecule has 0 unspecified atom stereocenters. The van der Waals surface area contributed by atoms with Crippen LogP contribution in [0.2, 0.25) is 5.02 Å². The fourth-order valence-corrected chi connectivity index (χ4v) is 3.35. The molecule has 1 heterocycles. The highest BCUT2D eigenvalue weighted by Crippen LogP contribution is 2.40. The fourth-order valence-electron chi connectivity index (χ4n) is 3.10. The molecule has 0 bridgehead atoms. The van der Waals surface area contributed by atoms with Gasteiger partial charge >= 0.3 is 0 Å². The number of aliphatic hydroxyl groups excluding tert-OH is 1. The van der Waals surface area contributed by atoms with Gasteiger partial charge in [0, 0.05) is 11.1 Å². The molecule has 0 saturated heterocycles. The Hall–Kier alpha value is -2.44.